The molecule has 2 nitrogen and oxygen atoms in total. The van der Waals surface area contributed by atoms with E-state index < -0.39 is 0 Å². The van der Waals surface area contributed by atoms with Crippen molar-refractivity contribution < 1.29 is 4.79 Å². The van der Waals surface area contributed by atoms with Crippen LogP contribution in [0, 0.1) is 23.2 Å². The summed E-state index contributed by atoms with van der Waals surface area (Å²) in [7, 11) is 0. The molecule has 1 amide bonds. The second-order valence-electron chi connectivity index (χ2n) is 7.22. The van der Waals surface area contributed by atoms with Crippen LogP contribution in [0.4, 0.5) is 0 Å². The van der Waals surface area contributed by atoms with Crippen LogP contribution in [0.1, 0.15) is 67.7 Å². The van der Waals surface area contributed by atoms with Crippen LogP contribution in [0.3, 0.4) is 0 Å². The van der Waals surface area contributed by atoms with Gasteiger partial charge in [0.2, 0.25) is 5.91 Å². The van der Waals surface area contributed by atoms with Gasteiger partial charge in [-0.25, -0.2) is 0 Å². The Hall–Kier alpha value is -0.530. The molecule has 0 radical (unpaired) electrons. The molecule has 1 N–H and O–H groups in total. The van der Waals surface area contributed by atoms with E-state index >= 15 is 0 Å². The third-order valence-corrected chi connectivity index (χ3v) is 3.82. The molecule has 0 fully saturated rings. The molecular formula is C16H33NO. The smallest absolute Gasteiger partial charge is 0.220 e. The maximum Gasteiger partial charge on any atom is 0.220 e. The van der Waals surface area contributed by atoms with E-state index in [1.54, 1.807) is 0 Å². The van der Waals surface area contributed by atoms with Gasteiger partial charge < -0.3 is 5.32 Å². The molecule has 0 aliphatic rings. The lowest BCUT2D eigenvalue weighted by Crippen LogP contribution is -2.35. The van der Waals surface area contributed by atoms with Gasteiger partial charge in [-0.05, 0) is 36.0 Å². The Balaban J connectivity index is 4.01. The lowest BCUT2D eigenvalue weighted by atomic mass is 9.74. The van der Waals surface area contributed by atoms with Gasteiger partial charge in [0.1, 0.15) is 0 Å². The van der Waals surface area contributed by atoms with Crippen LogP contribution in [-0.2, 0) is 4.79 Å². The van der Waals surface area contributed by atoms with Crippen molar-refractivity contribution in [3.8, 4) is 0 Å². The van der Waals surface area contributed by atoms with Crippen LogP contribution >= 0.6 is 0 Å². The van der Waals surface area contributed by atoms with E-state index in [-0.39, 0.29) is 5.91 Å². The summed E-state index contributed by atoms with van der Waals surface area (Å²) in [6, 6.07) is 0. The van der Waals surface area contributed by atoms with Gasteiger partial charge >= 0.3 is 0 Å². The standard InChI is InChI=1S/C16H33NO/c1-12(2)8-9-15(18)17-11-14(5)16(6,7)10-13(3)4/h12-14H,8-11H2,1-7H3,(H,17,18). The summed E-state index contributed by atoms with van der Waals surface area (Å²) in [5, 5.41) is 3.08. The van der Waals surface area contributed by atoms with Gasteiger partial charge in [0.15, 0.2) is 0 Å². The van der Waals surface area contributed by atoms with Gasteiger partial charge in [0, 0.05) is 13.0 Å². The van der Waals surface area contributed by atoms with Crippen LogP contribution in [0.2, 0.25) is 0 Å². The number of hydrogen-bond acceptors (Lipinski definition) is 1. The number of hydrogen-bond donors (Lipinski definition) is 1. The predicted octanol–water partition coefficient (Wildman–Crippen LogP) is 4.25. The largest absolute Gasteiger partial charge is 0.356 e. The predicted molar refractivity (Wildman–Crippen MR) is 79.5 cm³/mol. The summed E-state index contributed by atoms with van der Waals surface area (Å²) in [6.07, 6.45) is 2.85. The molecule has 0 aliphatic heterocycles. The Morgan fingerprint density at radius 1 is 1.06 bits per heavy atom. The monoisotopic (exact) mass is 255 g/mol. The molecule has 108 valence electrons. The zero-order valence-corrected chi connectivity index (χ0v) is 13.5. The molecule has 0 bridgehead atoms. The highest BCUT2D eigenvalue weighted by atomic mass is 16.1. The average molecular weight is 255 g/mol. The lowest BCUT2D eigenvalue weighted by Gasteiger charge is -2.33. The Labute approximate surface area is 114 Å². The Kier molecular flexibility index (Phi) is 7.58. The highest BCUT2D eigenvalue weighted by Crippen LogP contribution is 2.33. The van der Waals surface area contributed by atoms with Crippen molar-refractivity contribution in [2.24, 2.45) is 23.2 Å². The first-order valence-corrected chi connectivity index (χ1v) is 7.41. The molecule has 0 saturated heterocycles. The molecule has 0 rings (SSSR count). The normalized spacial score (nSPS) is 14.1. The van der Waals surface area contributed by atoms with E-state index in [2.05, 4.69) is 53.8 Å². The molecule has 0 aromatic carbocycles. The van der Waals surface area contributed by atoms with E-state index in [4.69, 9.17) is 0 Å². The van der Waals surface area contributed by atoms with E-state index in [1.165, 1.54) is 6.42 Å². The second kappa shape index (κ2) is 7.81. The lowest BCUT2D eigenvalue weighted by molar-refractivity contribution is -0.121. The van der Waals surface area contributed by atoms with Crippen molar-refractivity contribution in [3.05, 3.63) is 0 Å². The maximum atomic E-state index is 11.7. The molecule has 0 aromatic rings. The molecule has 0 saturated carbocycles. The van der Waals surface area contributed by atoms with Crippen molar-refractivity contribution in [1.29, 1.82) is 0 Å². The first-order chi connectivity index (χ1) is 8.15. The zero-order valence-electron chi connectivity index (χ0n) is 13.5. The third-order valence-electron chi connectivity index (χ3n) is 3.82. The number of rotatable bonds is 8. The second-order valence-corrected chi connectivity index (χ2v) is 7.22. The SMILES string of the molecule is CC(C)CCC(=O)NCC(C)C(C)(C)CC(C)C. The van der Waals surface area contributed by atoms with Crippen LogP contribution in [0.15, 0.2) is 0 Å². The highest BCUT2D eigenvalue weighted by Gasteiger charge is 2.26. The van der Waals surface area contributed by atoms with Gasteiger partial charge in [0.05, 0.1) is 0 Å². The number of carbonyl (C=O) groups excluding carboxylic acids is 1. The summed E-state index contributed by atoms with van der Waals surface area (Å²) in [5.41, 5.74) is 0.291. The van der Waals surface area contributed by atoms with Crippen molar-refractivity contribution >= 4 is 5.91 Å². The van der Waals surface area contributed by atoms with Gasteiger partial charge in [-0.15, -0.1) is 0 Å². The first kappa shape index (κ1) is 17.5. The van der Waals surface area contributed by atoms with E-state index in [0.29, 0.717) is 29.6 Å². The van der Waals surface area contributed by atoms with Gasteiger partial charge in [-0.2, -0.15) is 0 Å². The molecular weight excluding hydrogens is 222 g/mol. The quantitative estimate of drug-likeness (QED) is 0.690. The van der Waals surface area contributed by atoms with Crippen LogP contribution in [0.5, 0.6) is 0 Å². The number of carbonyl (C=O) groups is 1. The molecule has 1 atom stereocenters. The molecule has 0 aromatic heterocycles. The molecule has 0 aliphatic carbocycles. The first-order valence-electron chi connectivity index (χ1n) is 7.41. The zero-order chi connectivity index (χ0) is 14.3. The summed E-state index contributed by atoms with van der Waals surface area (Å²) in [5.74, 6) is 2.03. The van der Waals surface area contributed by atoms with Crippen molar-refractivity contribution in [3.63, 3.8) is 0 Å². The fourth-order valence-corrected chi connectivity index (χ4v) is 2.30. The fourth-order valence-electron chi connectivity index (χ4n) is 2.30. The molecule has 2 heteroatoms. The topological polar surface area (TPSA) is 29.1 Å². The summed E-state index contributed by atoms with van der Waals surface area (Å²) < 4.78 is 0. The fraction of sp³-hybridized carbons (Fsp3) is 0.938. The van der Waals surface area contributed by atoms with Crippen LogP contribution in [0.25, 0.3) is 0 Å². The van der Waals surface area contributed by atoms with Gasteiger partial charge in [-0.3, -0.25) is 4.79 Å². The Bertz CT molecular complexity index is 243. The van der Waals surface area contributed by atoms with Crippen molar-refractivity contribution in [2.75, 3.05) is 6.54 Å². The van der Waals surface area contributed by atoms with Crippen LogP contribution in [-0.4, -0.2) is 12.5 Å². The van der Waals surface area contributed by atoms with Gasteiger partial charge in [0.25, 0.3) is 0 Å². The molecule has 18 heavy (non-hydrogen) atoms. The van der Waals surface area contributed by atoms with Gasteiger partial charge in [-0.1, -0.05) is 48.5 Å². The molecule has 0 spiro atoms. The molecule has 0 heterocycles. The highest BCUT2D eigenvalue weighted by molar-refractivity contribution is 5.75. The maximum absolute atomic E-state index is 11.7. The minimum atomic E-state index is 0.205. The Morgan fingerprint density at radius 2 is 1.61 bits per heavy atom. The van der Waals surface area contributed by atoms with Crippen molar-refractivity contribution in [2.45, 2.75) is 67.7 Å². The van der Waals surface area contributed by atoms with Crippen molar-refractivity contribution in [1.82, 2.24) is 5.32 Å². The van der Waals surface area contributed by atoms with E-state index in [1.807, 2.05) is 0 Å². The number of amides is 1. The minimum Gasteiger partial charge on any atom is -0.356 e. The summed E-state index contributed by atoms with van der Waals surface area (Å²) in [4.78, 5) is 11.7. The minimum absolute atomic E-state index is 0.205. The van der Waals surface area contributed by atoms with E-state index in [0.717, 1.165) is 13.0 Å². The summed E-state index contributed by atoms with van der Waals surface area (Å²) >= 11 is 0. The molecule has 1 unspecified atom stereocenters. The third kappa shape index (κ3) is 7.73. The summed E-state index contributed by atoms with van der Waals surface area (Å²) in [6.45, 7) is 16.5. The van der Waals surface area contributed by atoms with Crippen LogP contribution < -0.4 is 5.32 Å². The number of nitrogens with one attached hydrogen (secondary N) is 1. The van der Waals surface area contributed by atoms with E-state index in [9.17, 15) is 4.79 Å². The Morgan fingerprint density at radius 3 is 2.06 bits per heavy atom. The average Bonchev–Trinajstić information content (AvgIpc) is 2.20.